The van der Waals surface area contributed by atoms with Gasteiger partial charge in [-0.2, -0.15) is 0 Å². The Morgan fingerprint density at radius 2 is 1.86 bits per heavy atom. The first-order chi connectivity index (χ1) is 9.97. The zero-order valence-corrected chi connectivity index (χ0v) is 13.2. The summed E-state index contributed by atoms with van der Waals surface area (Å²) in [4.78, 5) is 12.4. The summed E-state index contributed by atoms with van der Waals surface area (Å²) in [5.41, 5.74) is 3.18. The van der Waals surface area contributed by atoms with Crippen molar-refractivity contribution in [2.24, 2.45) is 0 Å². The van der Waals surface area contributed by atoms with E-state index in [1.54, 1.807) is 20.3 Å². The van der Waals surface area contributed by atoms with Crippen LogP contribution in [-0.4, -0.2) is 18.9 Å². The van der Waals surface area contributed by atoms with Crippen LogP contribution in [0.3, 0.4) is 0 Å². The average Bonchev–Trinajstić information content (AvgIpc) is 2.48. The van der Waals surface area contributed by atoms with Crippen LogP contribution in [0.25, 0.3) is 10.9 Å². The predicted molar refractivity (Wildman–Crippen MR) is 84.9 cm³/mol. The van der Waals surface area contributed by atoms with E-state index in [0.29, 0.717) is 23.4 Å². The van der Waals surface area contributed by atoms with Gasteiger partial charge in [0.15, 0.2) is 11.5 Å². The third-order valence-corrected chi connectivity index (χ3v) is 3.95. The molecule has 2 N–H and O–H groups in total. The molecule has 21 heavy (non-hydrogen) atoms. The molecular formula is C16H22N2O3. The second kappa shape index (κ2) is 5.68. The van der Waals surface area contributed by atoms with Crippen molar-refractivity contribution in [3.05, 3.63) is 33.1 Å². The number of methoxy groups -OCH3 is 2. The smallest absolute Gasteiger partial charge is 0.272 e. The molecule has 0 amide bonds. The summed E-state index contributed by atoms with van der Waals surface area (Å²) in [6.45, 7) is 5.97. The van der Waals surface area contributed by atoms with E-state index in [1.807, 2.05) is 20.8 Å². The molecule has 0 saturated heterocycles. The van der Waals surface area contributed by atoms with Gasteiger partial charge in [-0.3, -0.25) is 4.79 Å². The second-order valence-corrected chi connectivity index (χ2v) is 5.16. The highest BCUT2D eigenvalue weighted by Gasteiger charge is 2.19. The Morgan fingerprint density at radius 3 is 2.38 bits per heavy atom. The Labute approximate surface area is 124 Å². The third-order valence-electron chi connectivity index (χ3n) is 3.95. The lowest BCUT2D eigenvalue weighted by Gasteiger charge is -2.18. The number of nitrogens with two attached hydrogens (primary N) is 1. The van der Waals surface area contributed by atoms with Gasteiger partial charge >= 0.3 is 0 Å². The van der Waals surface area contributed by atoms with Crippen molar-refractivity contribution in [1.29, 1.82) is 0 Å². The first-order valence-corrected chi connectivity index (χ1v) is 7.02. The topological polar surface area (TPSA) is 66.5 Å². The fourth-order valence-electron chi connectivity index (χ4n) is 2.93. The number of aromatic nitrogens is 1. The monoisotopic (exact) mass is 290 g/mol. The van der Waals surface area contributed by atoms with Crippen molar-refractivity contribution in [1.82, 2.24) is 4.68 Å². The number of aryl methyl sites for hydroxylation is 2. The van der Waals surface area contributed by atoms with Gasteiger partial charge in [0.25, 0.3) is 5.56 Å². The quantitative estimate of drug-likeness (QED) is 0.877. The Kier molecular flexibility index (Phi) is 4.11. The molecule has 5 nitrogen and oxygen atoms in total. The Bertz CT molecular complexity index is 748. The van der Waals surface area contributed by atoms with E-state index in [4.69, 9.17) is 15.3 Å². The maximum atomic E-state index is 12.4. The van der Waals surface area contributed by atoms with Crippen molar-refractivity contribution in [2.45, 2.75) is 33.6 Å². The Hall–Kier alpha value is -2.17. The van der Waals surface area contributed by atoms with Gasteiger partial charge in [-0.1, -0.05) is 13.3 Å². The Balaban J connectivity index is 3.00. The van der Waals surface area contributed by atoms with Gasteiger partial charge in [-0.25, -0.2) is 4.68 Å². The van der Waals surface area contributed by atoms with Crippen LogP contribution in [0, 0.1) is 13.8 Å². The van der Waals surface area contributed by atoms with Crippen LogP contribution in [-0.2, 0) is 6.42 Å². The van der Waals surface area contributed by atoms with Crippen LogP contribution in [0.1, 0.15) is 30.0 Å². The zero-order chi connectivity index (χ0) is 15.7. The fourth-order valence-corrected chi connectivity index (χ4v) is 2.93. The highest BCUT2D eigenvalue weighted by atomic mass is 16.5. The number of hydrogen-bond donors (Lipinski definition) is 1. The second-order valence-electron chi connectivity index (χ2n) is 5.16. The van der Waals surface area contributed by atoms with Crippen LogP contribution < -0.4 is 20.9 Å². The SMILES string of the molecule is CCCc1c(C)c2c(C)c(OC)c(OC)cc2n(N)c1=O. The molecule has 1 aromatic heterocycles. The third kappa shape index (κ3) is 2.22. The minimum Gasteiger partial charge on any atom is -0.493 e. The minimum atomic E-state index is -0.145. The first kappa shape index (κ1) is 15.2. The normalized spacial score (nSPS) is 10.9. The highest BCUT2D eigenvalue weighted by molar-refractivity contribution is 5.90. The van der Waals surface area contributed by atoms with E-state index < -0.39 is 0 Å². The first-order valence-electron chi connectivity index (χ1n) is 7.02. The van der Waals surface area contributed by atoms with Crippen LogP contribution in [0.15, 0.2) is 10.9 Å². The largest absolute Gasteiger partial charge is 0.493 e. The van der Waals surface area contributed by atoms with E-state index in [2.05, 4.69) is 0 Å². The van der Waals surface area contributed by atoms with Gasteiger partial charge < -0.3 is 15.3 Å². The summed E-state index contributed by atoms with van der Waals surface area (Å²) in [6.07, 6.45) is 1.61. The summed E-state index contributed by atoms with van der Waals surface area (Å²) in [6, 6.07) is 1.76. The molecule has 1 aromatic carbocycles. The number of benzene rings is 1. The summed E-state index contributed by atoms with van der Waals surface area (Å²) in [7, 11) is 3.18. The number of nitrogens with zero attached hydrogens (tertiary/aromatic N) is 1. The van der Waals surface area contributed by atoms with Crippen molar-refractivity contribution < 1.29 is 9.47 Å². The van der Waals surface area contributed by atoms with Gasteiger partial charge in [0.1, 0.15) is 0 Å². The van der Waals surface area contributed by atoms with Crippen LogP contribution in [0.5, 0.6) is 11.5 Å². The Morgan fingerprint density at radius 1 is 1.19 bits per heavy atom. The number of hydrogen-bond acceptors (Lipinski definition) is 4. The molecule has 1 heterocycles. The van der Waals surface area contributed by atoms with Gasteiger partial charge in [0.05, 0.1) is 19.7 Å². The molecular weight excluding hydrogens is 268 g/mol. The van der Waals surface area contributed by atoms with Crippen molar-refractivity contribution in [3.8, 4) is 11.5 Å². The summed E-state index contributed by atoms with van der Waals surface area (Å²) in [5.74, 6) is 7.26. The number of rotatable bonds is 4. The molecule has 0 atom stereocenters. The van der Waals surface area contributed by atoms with Gasteiger partial charge in [-0.15, -0.1) is 0 Å². The maximum Gasteiger partial charge on any atom is 0.272 e. The van der Waals surface area contributed by atoms with Crippen LogP contribution >= 0.6 is 0 Å². The molecule has 5 heteroatoms. The lowest BCUT2D eigenvalue weighted by atomic mass is 9.97. The van der Waals surface area contributed by atoms with Crippen LogP contribution in [0.4, 0.5) is 0 Å². The molecule has 0 fully saturated rings. The predicted octanol–water partition coefficient (Wildman–Crippen LogP) is 2.30. The van der Waals surface area contributed by atoms with E-state index in [9.17, 15) is 4.79 Å². The summed E-state index contributed by atoms with van der Waals surface area (Å²) >= 11 is 0. The maximum absolute atomic E-state index is 12.4. The molecule has 0 bridgehead atoms. The number of nitrogen functional groups attached to an aromatic ring is 1. The van der Waals surface area contributed by atoms with Gasteiger partial charge in [-0.05, 0) is 25.8 Å². The molecule has 114 valence electrons. The lowest BCUT2D eigenvalue weighted by Crippen LogP contribution is -2.31. The van der Waals surface area contributed by atoms with E-state index in [1.165, 1.54) is 4.68 Å². The van der Waals surface area contributed by atoms with Gasteiger partial charge in [0, 0.05) is 22.6 Å². The van der Waals surface area contributed by atoms with Crippen molar-refractivity contribution >= 4 is 10.9 Å². The van der Waals surface area contributed by atoms with E-state index >= 15 is 0 Å². The fraction of sp³-hybridized carbons (Fsp3) is 0.438. The molecule has 0 spiro atoms. The van der Waals surface area contributed by atoms with Crippen molar-refractivity contribution in [3.63, 3.8) is 0 Å². The molecule has 0 aliphatic heterocycles. The summed E-state index contributed by atoms with van der Waals surface area (Å²) in [5, 5.41) is 0.957. The molecule has 0 radical (unpaired) electrons. The number of pyridine rings is 1. The number of ether oxygens (including phenoxy) is 2. The van der Waals surface area contributed by atoms with E-state index in [-0.39, 0.29) is 5.56 Å². The standard InChI is InChI=1S/C16H22N2O3/c1-6-7-11-9(2)14-10(3)15(21-5)13(20-4)8-12(14)18(17)16(11)19/h8H,6-7,17H2,1-5H3. The lowest BCUT2D eigenvalue weighted by molar-refractivity contribution is 0.353. The highest BCUT2D eigenvalue weighted by Crippen LogP contribution is 2.37. The molecule has 2 rings (SSSR count). The van der Waals surface area contributed by atoms with Gasteiger partial charge in [0.2, 0.25) is 0 Å². The molecule has 0 aliphatic rings. The van der Waals surface area contributed by atoms with E-state index in [0.717, 1.165) is 28.5 Å². The average molecular weight is 290 g/mol. The minimum absolute atomic E-state index is 0.145. The molecule has 2 aromatic rings. The van der Waals surface area contributed by atoms with Crippen molar-refractivity contribution in [2.75, 3.05) is 20.1 Å². The molecule has 0 unspecified atom stereocenters. The zero-order valence-electron chi connectivity index (χ0n) is 13.2. The molecule has 0 aliphatic carbocycles. The number of fused-ring (bicyclic) bond motifs is 1. The molecule has 0 saturated carbocycles. The summed E-state index contributed by atoms with van der Waals surface area (Å²) < 4.78 is 12.0. The van der Waals surface area contributed by atoms with Crippen LogP contribution in [0.2, 0.25) is 0 Å².